The number of aliphatic hydroxyl groups excluding tert-OH is 3. The average molecular weight is 650 g/mol. The van der Waals surface area contributed by atoms with Crippen LogP contribution >= 0.6 is 0 Å². The molecule has 0 rings (SSSR count). The molecule has 0 aromatic heterocycles. The van der Waals surface area contributed by atoms with Crippen LogP contribution < -0.4 is 5.32 Å². The van der Waals surface area contributed by atoms with E-state index in [1.54, 1.807) is 6.08 Å². The molecule has 0 aromatic rings. The number of rotatable bonds is 36. The zero-order valence-corrected chi connectivity index (χ0v) is 30.7. The van der Waals surface area contributed by atoms with Crippen molar-refractivity contribution in [1.82, 2.24) is 5.32 Å². The standard InChI is InChI=1S/C41H79NO4/c1-3-5-7-9-11-13-15-16-17-18-19-20-21-22-23-25-26-28-30-32-34-38(44)36-41(46)42-39(37-43)40(45)35-33-31-29-27-24-14-12-10-8-6-4-2/h21-22,33,35,38-40,43-45H,3-20,23-32,34,36-37H2,1-2H3,(H,42,46)/b22-21-,35-33+. The van der Waals surface area contributed by atoms with Gasteiger partial charge in [0.2, 0.25) is 5.91 Å². The third-order valence-corrected chi connectivity index (χ3v) is 9.23. The maximum absolute atomic E-state index is 12.4. The molecule has 0 spiro atoms. The Kier molecular flexibility index (Phi) is 35.7. The molecular formula is C41H79NO4. The smallest absolute Gasteiger partial charge is 0.222 e. The molecule has 272 valence electrons. The van der Waals surface area contributed by atoms with Crippen LogP contribution in [0.25, 0.3) is 0 Å². The summed E-state index contributed by atoms with van der Waals surface area (Å²) in [5.74, 6) is -0.321. The van der Waals surface area contributed by atoms with E-state index >= 15 is 0 Å². The normalized spacial score (nSPS) is 13.9. The summed E-state index contributed by atoms with van der Waals surface area (Å²) in [6, 6.07) is -0.743. The fourth-order valence-electron chi connectivity index (χ4n) is 6.10. The van der Waals surface area contributed by atoms with E-state index in [2.05, 4.69) is 31.3 Å². The van der Waals surface area contributed by atoms with Crippen molar-refractivity contribution in [1.29, 1.82) is 0 Å². The molecular weight excluding hydrogens is 570 g/mol. The van der Waals surface area contributed by atoms with E-state index in [0.717, 1.165) is 38.5 Å². The fraction of sp³-hybridized carbons (Fsp3) is 0.878. The van der Waals surface area contributed by atoms with Crippen molar-refractivity contribution in [2.75, 3.05) is 6.61 Å². The van der Waals surface area contributed by atoms with Crippen LogP contribution in [0.2, 0.25) is 0 Å². The fourth-order valence-corrected chi connectivity index (χ4v) is 6.10. The van der Waals surface area contributed by atoms with Crippen LogP contribution in [-0.2, 0) is 4.79 Å². The molecule has 3 unspecified atom stereocenters. The van der Waals surface area contributed by atoms with Crippen molar-refractivity contribution in [3.8, 4) is 0 Å². The monoisotopic (exact) mass is 650 g/mol. The van der Waals surface area contributed by atoms with Gasteiger partial charge in [-0.15, -0.1) is 0 Å². The van der Waals surface area contributed by atoms with E-state index in [1.807, 2.05) is 6.08 Å². The summed E-state index contributed by atoms with van der Waals surface area (Å²) in [5.41, 5.74) is 0. The maximum atomic E-state index is 12.4. The lowest BCUT2D eigenvalue weighted by Crippen LogP contribution is -2.45. The lowest BCUT2D eigenvalue weighted by atomic mass is 10.0. The quantitative estimate of drug-likeness (QED) is 0.0401. The van der Waals surface area contributed by atoms with E-state index < -0.39 is 18.2 Å². The van der Waals surface area contributed by atoms with Crippen molar-refractivity contribution in [2.45, 2.75) is 225 Å². The molecule has 0 aliphatic carbocycles. The number of carbonyl (C=O) groups is 1. The summed E-state index contributed by atoms with van der Waals surface area (Å²) >= 11 is 0. The largest absolute Gasteiger partial charge is 0.394 e. The van der Waals surface area contributed by atoms with Gasteiger partial charge in [0.1, 0.15) is 0 Å². The van der Waals surface area contributed by atoms with Crippen molar-refractivity contribution in [3.05, 3.63) is 24.3 Å². The molecule has 0 saturated heterocycles. The first-order valence-corrected chi connectivity index (χ1v) is 20.1. The van der Waals surface area contributed by atoms with Gasteiger partial charge in [0.25, 0.3) is 0 Å². The molecule has 0 radical (unpaired) electrons. The second kappa shape index (κ2) is 36.7. The van der Waals surface area contributed by atoms with Crippen LogP contribution in [0.3, 0.4) is 0 Å². The highest BCUT2D eigenvalue weighted by molar-refractivity contribution is 5.76. The molecule has 1 amide bonds. The number of unbranched alkanes of at least 4 members (excludes halogenated alkanes) is 25. The van der Waals surface area contributed by atoms with Gasteiger partial charge in [-0.05, 0) is 44.9 Å². The molecule has 0 aliphatic rings. The predicted octanol–water partition coefficient (Wildman–Crippen LogP) is 11.0. The molecule has 3 atom stereocenters. The molecule has 5 nitrogen and oxygen atoms in total. The second-order valence-electron chi connectivity index (χ2n) is 13.9. The Morgan fingerprint density at radius 2 is 0.913 bits per heavy atom. The van der Waals surface area contributed by atoms with Crippen LogP contribution in [0, 0.1) is 0 Å². The third-order valence-electron chi connectivity index (χ3n) is 9.23. The molecule has 5 heteroatoms. The summed E-state index contributed by atoms with van der Waals surface area (Å²) in [4.78, 5) is 12.4. The third kappa shape index (κ3) is 32.8. The Balaban J connectivity index is 3.67. The van der Waals surface area contributed by atoms with E-state index in [9.17, 15) is 20.1 Å². The van der Waals surface area contributed by atoms with Gasteiger partial charge in [-0.25, -0.2) is 0 Å². The van der Waals surface area contributed by atoms with Crippen LogP contribution in [0.1, 0.15) is 206 Å². The second-order valence-corrected chi connectivity index (χ2v) is 13.9. The number of hydrogen-bond donors (Lipinski definition) is 4. The van der Waals surface area contributed by atoms with Gasteiger partial charge in [-0.1, -0.05) is 179 Å². The van der Waals surface area contributed by atoms with E-state index in [-0.39, 0.29) is 18.9 Å². The van der Waals surface area contributed by atoms with Crippen molar-refractivity contribution < 1.29 is 20.1 Å². The minimum absolute atomic E-state index is 0.00922. The first-order valence-electron chi connectivity index (χ1n) is 20.1. The zero-order valence-electron chi connectivity index (χ0n) is 30.7. The topological polar surface area (TPSA) is 89.8 Å². The van der Waals surface area contributed by atoms with Gasteiger partial charge >= 0.3 is 0 Å². The van der Waals surface area contributed by atoms with Crippen LogP contribution in [-0.4, -0.2) is 46.1 Å². The summed E-state index contributed by atoms with van der Waals surface area (Å²) in [7, 11) is 0. The van der Waals surface area contributed by atoms with Gasteiger partial charge in [0.15, 0.2) is 0 Å². The van der Waals surface area contributed by atoms with Gasteiger partial charge in [0.05, 0.1) is 31.3 Å². The van der Waals surface area contributed by atoms with E-state index in [0.29, 0.717) is 6.42 Å². The molecule has 4 N–H and O–H groups in total. The minimum Gasteiger partial charge on any atom is -0.394 e. The highest BCUT2D eigenvalue weighted by atomic mass is 16.3. The number of aliphatic hydroxyl groups is 3. The van der Waals surface area contributed by atoms with E-state index in [1.165, 1.54) is 141 Å². The SMILES string of the molecule is CCCCCCCCCCC/C=C/C(O)C(CO)NC(=O)CC(O)CCCCCCC/C=C\CCCCCCCCCCCCC. The minimum atomic E-state index is -0.927. The molecule has 0 fully saturated rings. The maximum Gasteiger partial charge on any atom is 0.222 e. The highest BCUT2D eigenvalue weighted by Gasteiger charge is 2.20. The molecule has 0 aromatic carbocycles. The summed E-state index contributed by atoms with van der Waals surface area (Å²) in [5, 5.41) is 33.1. The van der Waals surface area contributed by atoms with Gasteiger partial charge in [0, 0.05) is 0 Å². The van der Waals surface area contributed by atoms with E-state index in [4.69, 9.17) is 0 Å². The molecule has 0 aliphatic heterocycles. The van der Waals surface area contributed by atoms with Crippen LogP contribution in [0.4, 0.5) is 0 Å². The van der Waals surface area contributed by atoms with Crippen molar-refractivity contribution >= 4 is 5.91 Å². The summed E-state index contributed by atoms with van der Waals surface area (Å²) in [6.07, 6.45) is 43.1. The van der Waals surface area contributed by atoms with Gasteiger partial charge in [-0.3, -0.25) is 4.79 Å². The van der Waals surface area contributed by atoms with Gasteiger partial charge < -0.3 is 20.6 Å². The van der Waals surface area contributed by atoms with Crippen LogP contribution in [0.5, 0.6) is 0 Å². The number of nitrogens with one attached hydrogen (secondary N) is 1. The lowest BCUT2D eigenvalue weighted by molar-refractivity contribution is -0.124. The first kappa shape index (κ1) is 44.8. The van der Waals surface area contributed by atoms with Crippen molar-refractivity contribution in [3.63, 3.8) is 0 Å². The Morgan fingerprint density at radius 1 is 0.543 bits per heavy atom. The molecule has 0 heterocycles. The number of hydrogen-bond acceptors (Lipinski definition) is 4. The average Bonchev–Trinajstić information content (AvgIpc) is 3.05. The van der Waals surface area contributed by atoms with Crippen LogP contribution in [0.15, 0.2) is 24.3 Å². The molecule has 0 bridgehead atoms. The highest BCUT2D eigenvalue weighted by Crippen LogP contribution is 2.14. The van der Waals surface area contributed by atoms with Crippen molar-refractivity contribution in [2.24, 2.45) is 0 Å². The zero-order chi connectivity index (χ0) is 33.8. The lowest BCUT2D eigenvalue weighted by Gasteiger charge is -2.21. The molecule has 0 saturated carbocycles. The Bertz CT molecular complexity index is 679. The number of carbonyl (C=O) groups excluding carboxylic acids is 1. The first-order chi connectivity index (χ1) is 22.5. The van der Waals surface area contributed by atoms with Gasteiger partial charge in [-0.2, -0.15) is 0 Å². The number of allylic oxidation sites excluding steroid dienone is 3. The Morgan fingerprint density at radius 3 is 1.33 bits per heavy atom. The summed E-state index contributed by atoms with van der Waals surface area (Å²) < 4.78 is 0. The molecule has 46 heavy (non-hydrogen) atoms. The predicted molar refractivity (Wildman–Crippen MR) is 199 cm³/mol. The Labute approximate surface area is 286 Å². The summed E-state index contributed by atoms with van der Waals surface area (Å²) in [6.45, 7) is 4.19. The number of amides is 1. The Hall–Kier alpha value is -1.17.